The van der Waals surface area contributed by atoms with Crippen molar-refractivity contribution in [3.05, 3.63) is 47.7 Å². The van der Waals surface area contributed by atoms with Crippen molar-refractivity contribution in [2.45, 2.75) is 0 Å². The van der Waals surface area contributed by atoms with Crippen LogP contribution in [-0.4, -0.2) is 5.11 Å². The van der Waals surface area contributed by atoms with E-state index in [0.29, 0.717) is 5.69 Å². The van der Waals surface area contributed by atoms with Crippen molar-refractivity contribution >= 4 is 16.5 Å². The Balaban J connectivity index is 2.56. The van der Waals surface area contributed by atoms with Gasteiger partial charge in [-0.05, 0) is 29.7 Å². The highest BCUT2D eigenvalue weighted by Crippen LogP contribution is 2.27. The molecule has 0 bridgehead atoms. The molecule has 0 saturated carbocycles. The van der Waals surface area contributed by atoms with Crippen LogP contribution in [0.4, 0.5) is 5.69 Å². The molecule has 5 heteroatoms. The average molecular weight is 260 g/mol. The van der Waals surface area contributed by atoms with E-state index < -0.39 is 0 Å². The summed E-state index contributed by atoms with van der Waals surface area (Å²) in [5.41, 5.74) is 0.209. The zero-order valence-corrected chi connectivity index (χ0v) is 10.3. The first-order chi connectivity index (χ1) is 9.69. The third kappa shape index (κ3) is 2.36. The fourth-order valence-corrected chi connectivity index (χ4v) is 1.80. The molecule has 2 aromatic carbocycles. The van der Waals surface area contributed by atoms with Crippen molar-refractivity contribution in [1.29, 1.82) is 15.8 Å². The van der Waals surface area contributed by atoms with Crippen LogP contribution in [-0.2, 0) is 0 Å². The molecule has 0 amide bonds. The highest BCUT2D eigenvalue weighted by atomic mass is 16.3. The Kier molecular flexibility index (Phi) is 3.52. The Morgan fingerprint density at radius 3 is 2.40 bits per heavy atom. The van der Waals surface area contributed by atoms with Gasteiger partial charge in [0.05, 0.1) is 0 Å². The van der Waals surface area contributed by atoms with E-state index >= 15 is 0 Å². The van der Waals surface area contributed by atoms with Gasteiger partial charge in [-0.2, -0.15) is 15.8 Å². The summed E-state index contributed by atoms with van der Waals surface area (Å²) in [4.78, 5) is 0. The van der Waals surface area contributed by atoms with Crippen LogP contribution in [0.25, 0.3) is 10.8 Å². The monoisotopic (exact) mass is 260 g/mol. The molecule has 0 atom stereocenters. The summed E-state index contributed by atoms with van der Waals surface area (Å²) in [6.45, 7) is 0. The maximum Gasteiger partial charge on any atom is 0.163 e. The molecule has 0 unspecified atom stereocenters. The van der Waals surface area contributed by atoms with Gasteiger partial charge in [0, 0.05) is 11.1 Å². The molecule has 0 aliphatic carbocycles. The SMILES string of the molecule is N#CC(C#N)=C(C#N)Nc1cccc2cc(O)ccc12. The summed E-state index contributed by atoms with van der Waals surface area (Å²) in [6.07, 6.45) is 0. The predicted octanol–water partition coefficient (Wildman–Crippen LogP) is 2.78. The summed E-state index contributed by atoms with van der Waals surface area (Å²) in [5, 5.41) is 40.4. The molecular weight excluding hydrogens is 252 g/mol. The van der Waals surface area contributed by atoms with E-state index in [9.17, 15) is 5.11 Å². The molecule has 94 valence electrons. The largest absolute Gasteiger partial charge is 0.508 e. The number of anilines is 1. The van der Waals surface area contributed by atoms with Gasteiger partial charge in [0.2, 0.25) is 0 Å². The lowest BCUT2D eigenvalue weighted by molar-refractivity contribution is 0.476. The quantitative estimate of drug-likeness (QED) is 0.808. The molecule has 20 heavy (non-hydrogen) atoms. The Hall–Kier alpha value is -3.49. The summed E-state index contributed by atoms with van der Waals surface area (Å²) < 4.78 is 0. The predicted molar refractivity (Wildman–Crippen MR) is 73.1 cm³/mol. The highest BCUT2D eigenvalue weighted by Gasteiger charge is 2.08. The molecule has 0 aromatic heterocycles. The number of nitriles is 3. The lowest BCUT2D eigenvalue weighted by Crippen LogP contribution is -2.01. The van der Waals surface area contributed by atoms with Crippen molar-refractivity contribution in [3.63, 3.8) is 0 Å². The Morgan fingerprint density at radius 2 is 1.75 bits per heavy atom. The summed E-state index contributed by atoms with van der Waals surface area (Å²) >= 11 is 0. The van der Waals surface area contributed by atoms with Crippen LogP contribution in [0.3, 0.4) is 0 Å². The molecule has 0 spiro atoms. The van der Waals surface area contributed by atoms with Crippen molar-refractivity contribution in [1.82, 2.24) is 0 Å². The molecule has 2 rings (SSSR count). The Bertz CT molecular complexity index is 816. The van der Waals surface area contributed by atoms with Crippen molar-refractivity contribution in [2.24, 2.45) is 0 Å². The van der Waals surface area contributed by atoms with Gasteiger partial charge >= 0.3 is 0 Å². The average Bonchev–Trinajstić information content (AvgIpc) is 2.47. The molecule has 0 aliphatic rings. The molecule has 0 aliphatic heterocycles. The van der Waals surface area contributed by atoms with E-state index in [4.69, 9.17) is 15.8 Å². The van der Waals surface area contributed by atoms with Gasteiger partial charge in [-0.15, -0.1) is 0 Å². The van der Waals surface area contributed by atoms with Gasteiger partial charge in [-0.1, -0.05) is 12.1 Å². The molecule has 2 N–H and O–H groups in total. The smallest absolute Gasteiger partial charge is 0.163 e. The zero-order chi connectivity index (χ0) is 14.5. The van der Waals surface area contributed by atoms with Crippen LogP contribution in [0.5, 0.6) is 5.75 Å². The lowest BCUT2D eigenvalue weighted by atomic mass is 10.1. The van der Waals surface area contributed by atoms with Crippen molar-refractivity contribution in [2.75, 3.05) is 5.32 Å². The van der Waals surface area contributed by atoms with E-state index in [1.807, 2.05) is 6.07 Å². The van der Waals surface area contributed by atoms with Gasteiger partial charge in [-0.3, -0.25) is 0 Å². The first-order valence-electron chi connectivity index (χ1n) is 5.63. The fraction of sp³-hybridized carbons (Fsp3) is 0. The number of nitrogens with one attached hydrogen (secondary N) is 1. The van der Waals surface area contributed by atoms with Gasteiger partial charge in [0.1, 0.15) is 29.7 Å². The van der Waals surface area contributed by atoms with E-state index in [-0.39, 0.29) is 17.0 Å². The molecule has 2 aromatic rings. The van der Waals surface area contributed by atoms with Crippen LogP contribution in [0.1, 0.15) is 0 Å². The van der Waals surface area contributed by atoms with Crippen LogP contribution in [0.15, 0.2) is 47.7 Å². The minimum Gasteiger partial charge on any atom is -0.508 e. The van der Waals surface area contributed by atoms with E-state index in [1.54, 1.807) is 42.5 Å². The van der Waals surface area contributed by atoms with Gasteiger partial charge in [0.15, 0.2) is 5.57 Å². The number of hydrogen-bond acceptors (Lipinski definition) is 5. The standard InChI is InChI=1S/C15H8N4O/c16-7-11(8-17)15(9-18)19-14-3-1-2-10-6-12(20)4-5-13(10)14/h1-6,19-20H. The van der Waals surface area contributed by atoms with Gasteiger partial charge in [0.25, 0.3) is 0 Å². The number of aromatic hydroxyl groups is 1. The highest BCUT2D eigenvalue weighted by molar-refractivity contribution is 5.95. The molecule has 0 heterocycles. The number of benzene rings is 2. The summed E-state index contributed by atoms with van der Waals surface area (Å²) in [6, 6.07) is 15.2. The van der Waals surface area contributed by atoms with Crippen LogP contribution in [0.2, 0.25) is 0 Å². The Morgan fingerprint density at radius 1 is 1.00 bits per heavy atom. The first-order valence-corrected chi connectivity index (χ1v) is 5.63. The third-order valence-electron chi connectivity index (χ3n) is 2.71. The molecule has 0 radical (unpaired) electrons. The maximum absolute atomic E-state index is 9.45. The van der Waals surface area contributed by atoms with Crippen LogP contribution >= 0.6 is 0 Å². The number of rotatable bonds is 2. The number of nitrogens with zero attached hydrogens (tertiary/aromatic N) is 3. The second-order valence-electron chi connectivity index (χ2n) is 3.92. The minimum atomic E-state index is -0.275. The number of fused-ring (bicyclic) bond motifs is 1. The normalized spacial score (nSPS) is 9.05. The van der Waals surface area contributed by atoms with Crippen molar-refractivity contribution in [3.8, 4) is 24.0 Å². The second kappa shape index (κ2) is 5.44. The lowest BCUT2D eigenvalue weighted by Gasteiger charge is -2.08. The number of phenols is 1. The molecule has 0 fully saturated rings. The summed E-state index contributed by atoms with van der Waals surface area (Å²) in [7, 11) is 0. The number of allylic oxidation sites excluding steroid dienone is 2. The number of phenolic OH excluding ortho intramolecular Hbond substituents is 1. The summed E-state index contributed by atoms with van der Waals surface area (Å²) in [5.74, 6) is 0.139. The van der Waals surface area contributed by atoms with Crippen molar-refractivity contribution < 1.29 is 5.11 Å². The maximum atomic E-state index is 9.45. The molecule has 0 saturated heterocycles. The van der Waals surface area contributed by atoms with Crippen LogP contribution < -0.4 is 5.32 Å². The second-order valence-corrected chi connectivity index (χ2v) is 3.92. The van der Waals surface area contributed by atoms with E-state index in [0.717, 1.165) is 10.8 Å². The van der Waals surface area contributed by atoms with Gasteiger partial charge < -0.3 is 10.4 Å². The van der Waals surface area contributed by atoms with E-state index in [2.05, 4.69) is 5.32 Å². The van der Waals surface area contributed by atoms with Crippen LogP contribution in [0, 0.1) is 34.0 Å². The fourth-order valence-electron chi connectivity index (χ4n) is 1.80. The first kappa shape index (κ1) is 13.0. The molecular formula is C15H8N4O. The zero-order valence-electron chi connectivity index (χ0n) is 10.3. The third-order valence-corrected chi connectivity index (χ3v) is 2.71. The molecule has 5 nitrogen and oxygen atoms in total. The van der Waals surface area contributed by atoms with Gasteiger partial charge in [-0.25, -0.2) is 0 Å². The minimum absolute atomic E-state index is 0.101. The Labute approximate surface area is 115 Å². The van der Waals surface area contributed by atoms with E-state index in [1.165, 1.54) is 6.07 Å². The number of hydrogen-bond donors (Lipinski definition) is 2. The topological polar surface area (TPSA) is 104 Å².